The molecule has 2 heterocycles. The summed E-state index contributed by atoms with van der Waals surface area (Å²) in [5.74, 6) is -0.290. The number of aliphatic imine (C=N–C) groups is 1. The van der Waals surface area contributed by atoms with Gasteiger partial charge in [0.2, 0.25) is 0 Å². The minimum absolute atomic E-state index is 0.00373. The zero-order valence-corrected chi connectivity index (χ0v) is 17.6. The van der Waals surface area contributed by atoms with Gasteiger partial charge in [-0.25, -0.2) is 4.99 Å². The molecule has 0 unspecified atom stereocenters. The van der Waals surface area contributed by atoms with E-state index in [1.165, 1.54) is 30.3 Å². The number of amides is 1. The zero-order chi connectivity index (χ0) is 21.1. The van der Waals surface area contributed by atoms with Crippen LogP contribution in [-0.4, -0.2) is 29.1 Å². The first kappa shape index (κ1) is 20.4. The second-order valence-corrected chi connectivity index (χ2v) is 8.42. The lowest BCUT2D eigenvalue weighted by Gasteiger charge is -2.30. The summed E-state index contributed by atoms with van der Waals surface area (Å²) in [7, 11) is 0. The molecule has 0 saturated carbocycles. The number of nitro benzene ring substituents is 1. The van der Waals surface area contributed by atoms with Gasteiger partial charge < -0.3 is 10.2 Å². The van der Waals surface area contributed by atoms with E-state index < -0.39 is 4.92 Å². The largest absolute Gasteiger partial charge is 0.371 e. The van der Waals surface area contributed by atoms with Crippen LogP contribution in [0.25, 0.3) is 6.08 Å². The van der Waals surface area contributed by atoms with Crippen molar-refractivity contribution < 1.29 is 9.72 Å². The van der Waals surface area contributed by atoms with Crippen molar-refractivity contribution in [2.45, 2.75) is 19.3 Å². The van der Waals surface area contributed by atoms with Crippen molar-refractivity contribution in [1.29, 1.82) is 0 Å². The maximum atomic E-state index is 12.5. The van der Waals surface area contributed by atoms with E-state index in [0.29, 0.717) is 26.3 Å². The molecular weight excluding hydrogens is 424 g/mol. The molecule has 2 aromatic rings. The average Bonchev–Trinajstić information content (AvgIpc) is 3.09. The van der Waals surface area contributed by atoms with Crippen LogP contribution in [0.15, 0.2) is 52.4 Å². The van der Waals surface area contributed by atoms with Gasteiger partial charge >= 0.3 is 0 Å². The Kier molecular flexibility index (Phi) is 6.06. The highest BCUT2D eigenvalue weighted by Gasteiger charge is 2.25. The van der Waals surface area contributed by atoms with Crippen LogP contribution in [0.3, 0.4) is 0 Å². The van der Waals surface area contributed by atoms with Gasteiger partial charge in [-0.2, -0.15) is 0 Å². The van der Waals surface area contributed by atoms with Crippen molar-refractivity contribution in [3.05, 3.63) is 68.1 Å². The van der Waals surface area contributed by atoms with E-state index in [1.54, 1.807) is 24.3 Å². The Morgan fingerprint density at radius 2 is 1.93 bits per heavy atom. The number of halogens is 1. The van der Waals surface area contributed by atoms with Crippen LogP contribution in [0.5, 0.6) is 0 Å². The second kappa shape index (κ2) is 8.89. The topological polar surface area (TPSA) is 87.8 Å². The van der Waals surface area contributed by atoms with Crippen molar-refractivity contribution in [3.8, 4) is 0 Å². The molecule has 0 aliphatic carbocycles. The number of amidine groups is 1. The molecule has 154 valence electrons. The third-order valence-electron chi connectivity index (χ3n) is 4.93. The Morgan fingerprint density at radius 1 is 1.17 bits per heavy atom. The van der Waals surface area contributed by atoms with Crippen LogP contribution in [0.4, 0.5) is 17.1 Å². The Labute approximate surface area is 183 Å². The van der Waals surface area contributed by atoms with Gasteiger partial charge in [0.1, 0.15) is 0 Å². The lowest BCUT2D eigenvalue weighted by molar-refractivity contribution is -0.384. The van der Waals surface area contributed by atoms with Crippen LogP contribution in [-0.2, 0) is 4.79 Å². The van der Waals surface area contributed by atoms with Gasteiger partial charge in [-0.1, -0.05) is 23.7 Å². The molecule has 2 saturated heterocycles. The fourth-order valence-electron chi connectivity index (χ4n) is 3.47. The summed E-state index contributed by atoms with van der Waals surface area (Å²) in [4.78, 5) is 30.4. The molecule has 2 aromatic carbocycles. The van der Waals surface area contributed by atoms with Crippen molar-refractivity contribution in [1.82, 2.24) is 5.32 Å². The number of carbonyl (C=O) groups is 1. The van der Waals surface area contributed by atoms with Crippen LogP contribution in [0.1, 0.15) is 24.8 Å². The van der Waals surface area contributed by atoms with Gasteiger partial charge in [0.25, 0.3) is 11.6 Å². The minimum atomic E-state index is -0.422. The molecule has 1 amide bonds. The average molecular weight is 443 g/mol. The molecule has 0 bridgehead atoms. The Morgan fingerprint density at radius 3 is 2.67 bits per heavy atom. The van der Waals surface area contributed by atoms with Crippen molar-refractivity contribution >= 4 is 57.6 Å². The SMILES string of the molecule is O=C1NC(=Nc2ccccc2Cl)SC1=Cc1cc([N+](=O)[O-])ccc1N1CCCCC1. The number of carbonyl (C=O) groups excluding carboxylic acids is 1. The van der Waals surface area contributed by atoms with E-state index in [2.05, 4.69) is 15.2 Å². The summed E-state index contributed by atoms with van der Waals surface area (Å²) in [5, 5.41) is 14.9. The van der Waals surface area contributed by atoms with E-state index in [9.17, 15) is 14.9 Å². The Hall–Kier alpha value is -2.84. The lowest BCUT2D eigenvalue weighted by Crippen LogP contribution is -2.30. The Balaban J connectivity index is 1.67. The van der Waals surface area contributed by atoms with Crippen molar-refractivity contribution in [2.75, 3.05) is 18.0 Å². The van der Waals surface area contributed by atoms with Crippen molar-refractivity contribution in [2.24, 2.45) is 4.99 Å². The maximum absolute atomic E-state index is 12.5. The second-order valence-electron chi connectivity index (χ2n) is 6.98. The Bertz CT molecular complexity index is 1060. The fourth-order valence-corrected chi connectivity index (χ4v) is 4.47. The highest BCUT2D eigenvalue weighted by atomic mass is 35.5. The van der Waals surface area contributed by atoms with Gasteiger partial charge in [-0.05, 0) is 55.3 Å². The molecule has 2 aliphatic rings. The normalized spacial score (nSPS) is 19.4. The molecule has 2 fully saturated rings. The van der Waals surface area contributed by atoms with Crippen LogP contribution in [0, 0.1) is 10.1 Å². The summed E-state index contributed by atoms with van der Waals surface area (Å²) in [5.41, 5.74) is 2.11. The summed E-state index contributed by atoms with van der Waals surface area (Å²) in [6.45, 7) is 1.79. The quantitative estimate of drug-likeness (QED) is 0.403. The van der Waals surface area contributed by atoms with E-state index >= 15 is 0 Å². The number of hydrogen-bond acceptors (Lipinski definition) is 6. The number of anilines is 1. The molecule has 0 aromatic heterocycles. The van der Waals surface area contributed by atoms with Gasteiger partial charge in [0.15, 0.2) is 5.17 Å². The summed E-state index contributed by atoms with van der Waals surface area (Å²) in [6.07, 6.45) is 5.04. The number of para-hydroxylation sites is 1. The minimum Gasteiger partial charge on any atom is -0.371 e. The summed E-state index contributed by atoms with van der Waals surface area (Å²) in [6, 6.07) is 11.9. The molecule has 1 N–H and O–H groups in total. The number of non-ortho nitro benzene ring substituents is 1. The molecule has 4 rings (SSSR count). The fraction of sp³-hybridized carbons (Fsp3) is 0.238. The van der Waals surface area contributed by atoms with E-state index in [4.69, 9.17) is 11.6 Å². The van der Waals surface area contributed by atoms with Crippen molar-refractivity contribution in [3.63, 3.8) is 0 Å². The zero-order valence-electron chi connectivity index (χ0n) is 16.0. The molecule has 9 heteroatoms. The lowest BCUT2D eigenvalue weighted by atomic mass is 10.1. The molecule has 7 nitrogen and oxygen atoms in total. The molecule has 0 spiro atoms. The van der Waals surface area contributed by atoms with Crippen LogP contribution in [0.2, 0.25) is 5.02 Å². The van der Waals surface area contributed by atoms with Gasteiger partial charge in [-0.15, -0.1) is 0 Å². The first-order chi connectivity index (χ1) is 14.5. The third-order valence-corrected chi connectivity index (χ3v) is 6.16. The molecule has 30 heavy (non-hydrogen) atoms. The highest BCUT2D eigenvalue weighted by Crippen LogP contribution is 2.34. The number of thioether (sulfide) groups is 1. The third kappa shape index (κ3) is 4.49. The van der Waals surface area contributed by atoms with E-state index in [-0.39, 0.29) is 11.6 Å². The smallest absolute Gasteiger partial charge is 0.270 e. The molecule has 2 aliphatic heterocycles. The molecular formula is C21H19ClN4O3S. The van der Waals surface area contributed by atoms with Gasteiger partial charge in [-0.3, -0.25) is 14.9 Å². The van der Waals surface area contributed by atoms with E-state index in [1.807, 2.05) is 12.1 Å². The number of nitrogens with zero attached hydrogens (tertiary/aromatic N) is 3. The van der Waals surface area contributed by atoms with E-state index in [0.717, 1.165) is 31.6 Å². The number of nitro groups is 1. The summed E-state index contributed by atoms with van der Waals surface area (Å²) >= 11 is 7.34. The number of piperidine rings is 1. The van der Waals surface area contributed by atoms with Crippen LogP contribution < -0.4 is 10.2 Å². The standard InChI is InChI=1S/C21H19ClN4O3S/c22-16-6-2-3-7-17(16)23-21-24-20(27)19(30-21)13-14-12-15(26(28)29)8-9-18(14)25-10-4-1-5-11-25/h2-3,6-9,12-13H,1,4-5,10-11H2,(H,23,24,27). The van der Waals surface area contributed by atoms with Crippen LogP contribution >= 0.6 is 23.4 Å². The maximum Gasteiger partial charge on any atom is 0.270 e. The molecule has 0 radical (unpaired) electrons. The summed E-state index contributed by atoms with van der Waals surface area (Å²) < 4.78 is 0. The number of hydrogen-bond donors (Lipinski definition) is 1. The predicted octanol–water partition coefficient (Wildman–Crippen LogP) is 5.13. The highest BCUT2D eigenvalue weighted by molar-refractivity contribution is 8.18. The number of rotatable bonds is 4. The number of benzene rings is 2. The van der Waals surface area contributed by atoms with Gasteiger partial charge in [0, 0.05) is 36.5 Å². The first-order valence-electron chi connectivity index (χ1n) is 9.59. The monoisotopic (exact) mass is 442 g/mol. The predicted molar refractivity (Wildman–Crippen MR) is 121 cm³/mol. The first-order valence-corrected chi connectivity index (χ1v) is 10.8. The number of nitrogens with one attached hydrogen (secondary N) is 1. The molecule has 0 atom stereocenters. The van der Waals surface area contributed by atoms with Gasteiger partial charge in [0.05, 0.1) is 20.5 Å².